The third-order valence-electron chi connectivity index (χ3n) is 2.08. The molecule has 0 bridgehead atoms. The molecular formula is C10H17NO4S. The maximum atomic E-state index is 11.5. The van der Waals surface area contributed by atoms with Crippen LogP contribution in [0.5, 0.6) is 0 Å². The molecule has 0 aromatic carbocycles. The zero-order valence-corrected chi connectivity index (χ0v) is 10.3. The molecule has 0 aliphatic carbocycles. The number of rotatable bonds is 7. The number of terminal acetylenes is 1. The fourth-order valence-electron chi connectivity index (χ4n) is 1.03. The molecule has 1 N–H and O–H groups in total. The standard InChI is InChI=1S/C10H17NO4S/c1-4-5-11(8-10(12)13)6-7-16(14,15)9(2)3/h1,9H,5-8H2,2-3H3,(H,12,13). The summed E-state index contributed by atoms with van der Waals surface area (Å²) in [4.78, 5) is 11.9. The van der Waals surface area contributed by atoms with Crippen molar-refractivity contribution in [2.75, 3.05) is 25.4 Å². The molecule has 0 aromatic rings. The molecule has 0 unspecified atom stereocenters. The van der Waals surface area contributed by atoms with Gasteiger partial charge in [-0.05, 0) is 13.8 Å². The van der Waals surface area contributed by atoms with Gasteiger partial charge in [-0.15, -0.1) is 6.42 Å². The fourth-order valence-corrected chi connectivity index (χ4v) is 2.01. The van der Waals surface area contributed by atoms with Crippen molar-refractivity contribution in [3.8, 4) is 12.3 Å². The molecule has 0 rings (SSSR count). The first kappa shape index (κ1) is 14.9. The van der Waals surface area contributed by atoms with E-state index in [1.54, 1.807) is 13.8 Å². The molecule has 0 amide bonds. The Balaban J connectivity index is 4.33. The molecule has 6 heteroatoms. The number of carboxylic acids is 1. The molecule has 0 aliphatic rings. The average Bonchev–Trinajstić information content (AvgIpc) is 2.13. The molecule has 0 aromatic heterocycles. The lowest BCUT2D eigenvalue weighted by Crippen LogP contribution is -2.35. The van der Waals surface area contributed by atoms with Gasteiger partial charge in [0, 0.05) is 6.54 Å². The van der Waals surface area contributed by atoms with E-state index < -0.39 is 21.1 Å². The molecule has 0 radical (unpaired) electrons. The van der Waals surface area contributed by atoms with E-state index in [1.165, 1.54) is 4.90 Å². The molecule has 0 spiro atoms. The second-order valence-corrected chi connectivity index (χ2v) is 6.40. The third kappa shape index (κ3) is 5.73. The van der Waals surface area contributed by atoms with Gasteiger partial charge >= 0.3 is 5.97 Å². The minimum atomic E-state index is -3.15. The third-order valence-corrected chi connectivity index (χ3v) is 4.27. The number of hydrogen-bond donors (Lipinski definition) is 1. The first-order chi connectivity index (χ1) is 7.29. The molecule has 0 atom stereocenters. The van der Waals surface area contributed by atoms with Crippen molar-refractivity contribution in [3.63, 3.8) is 0 Å². The number of carboxylic acid groups (broad SMARTS) is 1. The van der Waals surface area contributed by atoms with Gasteiger partial charge in [-0.2, -0.15) is 0 Å². The molecule has 5 nitrogen and oxygen atoms in total. The first-order valence-electron chi connectivity index (χ1n) is 4.88. The predicted molar refractivity (Wildman–Crippen MR) is 61.8 cm³/mol. The van der Waals surface area contributed by atoms with Gasteiger partial charge in [0.25, 0.3) is 0 Å². The van der Waals surface area contributed by atoms with Crippen LogP contribution in [0.2, 0.25) is 0 Å². The van der Waals surface area contributed by atoms with Crippen LogP contribution in [-0.4, -0.2) is 55.0 Å². The van der Waals surface area contributed by atoms with E-state index in [0.717, 1.165) is 0 Å². The van der Waals surface area contributed by atoms with Gasteiger partial charge in [0.15, 0.2) is 9.84 Å². The van der Waals surface area contributed by atoms with Gasteiger partial charge in [0.05, 0.1) is 24.1 Å². The molecule has 0 saturated heterocycles. The van der Waals surface area contributed by atoms with Gasteiger partial charge in [-0.1, -0.05) is 5.92 Å². The van der Waals surface area contributed by atoms with Crippen LogP contribution in [0.3, 0.4) is 0 Å². The monoisotopic (exact) mass is 247 g/mol. The van der Waals surface area contributed by atoms with E-state index in [0.29, 0.717) is 0 Å². The quantitative estimate of drug-likeness (QED) is 0.632. The van der Waals surface area contributed by atoms with E-state index >= 15 is 0 Å². The Morgan fingerprint density at radius 3 is 2.44 bits per heavy atom. The molecule has 0 heterocycles. The minimum Gasteiger partial charge on any atom is -0.480 e. The van der Waals surface area contributed by atoms with Crippen molar-refractivity contribution >= 4 is 15.8 Å². The van der Waals surface area contributed by atoms with Crippen molar-refractivity contribution in [1.29, 1.82) is 0 Å². The predicted octanol–water partition coefficient (Wildman–Crippen LogP) is -0.171. The normalized spacial score (nSPS) is 11.7. The molecule has 0 fully saturated rings. The lowest BCUT2D eigenvalue weighted by atomic mass is 10.4. The van der Waals surface area contributed by atoms with Crippen LogP contribution >= 0.6 is 0 Å². The second-order valence-electron chi connectivity index (χ2n) is 3.72. The van der Waals surface area contributed by atoms with E-state index in [2.05, 4.69) is 5.92 Å². The van der Waals surface area contributed by atoms with Gasteiger partial charge in [-0.25, -0.2) is 8.42 Å². The highest BCUT2D eigenvalue weighted by Crippen LogP contribution is 2.01. The van der Waals surface area contributed by atoms with Gasteiger partial charge in [0.2, 0.25) is 0 Å². The summed E-state index contributed by atoms with van der Waals surface area (Å²) in [6, 6.07) is 0. The molecule has 16 heavy (non-hydrogen) atoms. The average molecular weight is 247 g/mol. The van der Waals surface area contributed by atoms with Crippen LogP contribution in [0, 0.1) is 12.3 Å². The Morgan fingerprint density at radius 2 is 2.06 bits per heavy atom. The Bertz CT molecular complexity index is 367. The summed E-state index contributed by atoms with van der Waals surface area (Å²) in [5.74, 6) is 1.22. The number of hydrogen-bond acceptors (Lipinski definition) is 4. The number of aliphatic carboxylic acids is 1. The molecule has 0 aliphatic heterocycles. The van der Waals surface area contributed by atoms with Crippen molar-refractivity contribution in [2.45, 2.75) is 19.1 Å². The highest BCUT2D eigenvalue weighted by atomic mass is 32.2. The lowest BCUT2D eigenvalue weighted by molar-refractivity contribution is -0.138. The van der Waals surface area contributed by atoms with Crippen molar-refractivity contribution < 1.29 is 18.3 Å². The van der Waals surface area contributed by atoms with E-state index in [9.17, 15) is 13.2 Å². The molecular weight excluding hydrogens is 230 g/mol. The number of sulfone groups is 1. The van der Waals surface area contributed by atoms with Gasteiger partial charge in [-0.3, -0.25) is 9.69 Å². The maximum Gasteiger partial charge on any atom is 0.317 e. The smallest absolute Gasteiger partial charge is 0.317 e. The van der Waals surface area contributed by atoms with Crippen molar-refractivity contribution in [3.05, 3.63) is 0 Å². The summed E-state index contributed by atoms with van der Waals surface area (Å²) in [6.07, 6.45) is 5.07. The Kier molecular flexibility index (Phi) is 6.08. The van der Waals surface area contributed by atoms with Crippen molar-refractivity contribution in [2.24, 2.45) is 0 Å². The Labute approximate surface area is 96.4 Å². The summed E-state index contributed by atoms with van der Waals surface area (Å²) in [5.41, 5.74) is 0. The summed E-state index contributed by atoms with van der Waals surface area (Å²) >= 11 is 0. The summed E-state index contributed by atoms with van der Waals surface area (Å²) in [7, 11) is -3.15. The maximum absolute atomic E-state index is 11.5. The number of carbonyl (C=O) groups is 1. The Morgan fingerprint density at radius 1 is 1.50 bits per heavy atom. The van der Waals surface area contributed by atoms with Crippen LogP contribution in [0.15, 0.2) is 0 Å². The first-order valence-corrected chi connectivity index (χ1v) is 6.60. The number of nitrogens with zero attached hydrogens (tertiary/aromatic N) is 1. The topological polar surface area (TPSA) is 74.7 Å². The van der Waals surface area contributed by atoms with Crippen LogP contribution in [0.4, 0.5) is 0 Å². The second kappa shape index (κ2) is 6.51. The van der Waals surface area contributed by atoms with Crippen molar-refractivity contribution in [1.82, 2.24) is 4.90 Å². The summed E-state index contributed by atoms with van der Waals surface area (Å²) in [6.45, 7) is 3.24. The summed E-state index contributed by atoms with van der Waals surface area (Å²) in [5, 5.41) is 8.14. The SMILES string of the molecule is C#CCN(CCS(=O)(=O)C(C)C)CC(=O)O. The lowest BCUT2D eigenvalue weighted by Gasteiger charge is -2.17. The van der Waals surface area contributed by atoms with Gasteiger partial charge in [0.1, 0.15) is 0 Å². The summed E-state index contributed by atoms with van der Waals surface area (Å²) < 4.78 is 23.0. The van der Waals surface area contributed by atoms with E-state index in [1.807, 2.05) is 0 Å². The zero-order valence-electron chi connectivity index (χ0n) is 9.51. The van der Waals surface area contributed by atoms with Crippen LogP contribution in [0.1, 0.15) is 13.8 Å². The fraction of sp³-hybridized carbons (Fsp3) is 0.700. The molecule has 0 saturated carbocycles. The van der Waals surface area contributed by atoms with Crippen LogP contribution in [-0.2, 0) is 14.6 Å². The largest absolute Gasteiger partial charge is 0.480 e. The van der Waals surface area contributed by atoms with E-state index in [4.69, 9.17) is 11.5 Å². The molecule has 92 valence electrons. The Hall–Kier alpha value is -1.06. The minimum absolute atomic E-state index is 0.0698. The van der Waals surface area contributed by atoms with E-state index in [-0.39, 0.29) is 25.4 Å². The highest BCUT2D eigenvalue weighted by Gasteiger charge is 2.18. The van der Waals surface area contributed by atoms with Crippen LogP contribution in [0.25, 0.3) is 0 Å². The van der Waals surface area contributed by atoms with Gasteiger partial charge < -0.3 is 5.11 Å². The zero-order chi connectivity index (χ0) is 12.8. The van der Waals surface area contributed by atoms with Crippen LogP contribution < -0.4 is 0 Å². The highest BCUT2D eigenvalue weighted by molar-refractivity contribution is 7.92.